The number of nitrogens with one attached hydrogen (secondary N) is 2. The van der Waals surface area contributed by atoms with Gasteiger partial charge in [0.1, 0.15) is 17.5 Å². The average Bonchev–Trinajstić information content (AvgIpc) is 2.63. The van der Waals surface area contributed by atoms with E-state index in [1.807, 2.05) is 55.5 Å². The van der Waals surface area contributed by atoms with Crippen molar-refractivity contribution in [3.8, 4) is 11.5 Å². The van der Waals surface area contributed by atoms with Crippen molar-refractivity contribution >= 4 is 18.3 Å². The zero-order chi connectivity index (χ0) is 16.8. The molecule has 0 bridgehead atoms. The van der Waals surface area contributed by atoms with E-state index in [1.54, 1.807) is 0 Å². The number of aryl methyl sites for hydroxylation is 1. The number of benzene rings is 2. The van der Waals surface area contributed by atoms with Gasteiger partial charge in [0.25, 0.3) is 0 Å². The normalized spacial score (nSPS) is 16.6. The molecule has 2 aromatic carbocycles. The Morgan fingerprint density at radius 1 is 1.24 bits per heavy atom. The number of amides is 1. The molecule has 0 saturated carbocycles. The number of carbonyl (C=O) groups excluding carboxylic acids is 1. The summed E-state index contributed by atoms with van der Waals surface area (Å²) in [5.74, 6) is 1.47. The number of morpholine rings is 1. The van der Waals surface area contributed by atoms with Crippen LogP contribution in [-0.4, -0.2) is 31.7 Å². The third kappa shape index (κ3) is 5.46. The highest BCUT2D eigenvalue weighted by atomic mass is 35.5. The first-order valence-corrected chi connectivity index (χ1v) is 8.13. The average molecular weight is 363 g/mol. The molecule has 3 rings (SSSR count). The minimum atomic E-state index is -0.288. The molecule has 25 heavy (non-hydrogen) atoms. The van der Waals surface area contributed by atoms with Crippen molar-refractivity contribution in [2.45, 2.75) is 19.5 Å². The second-order valence-electron chi connectivity index (χ2n) is 5.82. The summed E-state index contributed by atoms with van der Waals surface area (Å²) >= 11 is 0. The Labute approximate surface area is 154 Å². The number of rotatable bonds is 5. The zero-order valence-corrected chi connectivity index (χ0v) is 15.0. The van der Waals surface area contributed by atoms with Crippen molar-refractivity contribution in [2.75, 3.05) is 19.8 Å². The molecule has 0 aliphatic carbocycles. The van der Waals surface area contributed by atoms with Crippen LogP contribution in [0.2, 0.25) is 0 Å². The summed E-state index contributed by atoms with van der Waals surface area (Å²) in [6.07, 6.45) is 0. The summed E-state index contributed by atoms with van der Waals surface area (Å²) in [6.45, 7) is 4.21. The van der Waals surface area contributed by atoms with Gasteiger partial charge in [-0.2, -0.15) is 0 Å². The largest absolute Gasteiger partial charge is 0.457 e. The molecule has 1 heterocycles. The molecule has 2 aromatic rings. The summed E-state index contributed by atoms with van der Waals surface area (Å²) < 4.78 is 11.3. The van der Waals surface area contributed by atoms with Crippen molar-refractivity contribution < 1.29 is 14.3 Å². The first kappa shape index (κ1) is 19.2. The third-order valence-electron chi connectivity index (χ3n) is 3.91. The van der Waals surface area contributed by atoms with Crippen LogP contribution >= 0.6 is 12.4 Å². The fourth-order valence-corrected chi connectivity index (χ4v) is 2.52. The SMILES string of the molecule is Cc1ccc(Oc2ccccc2CNC(=O)C2COCCN2)cc1.Cl. The monoisotopic (exact) mass is 362 g/mol. The molecule has 1 saturated heterocycles. The molecule has 0 radical (unpaired) electrons. The van der Waals surface area contributed by atoms with Gasteiger partial charge in [0.15, 0.2) is 0 Å². The first-order valence-electron chi connectivity index (χ1n) is 8.13. The summed E-state index contributed by atoms with van der Waals surface area (Å²) in [5, 5.41) is 6.09. The molecule has 2 N–H and O–H groups in total. The van der Waals surface area contributed by atoms with Gasteiger partial charge in [0.05, 0.1) is 13.2 Å². The molecule has 1 aliphatic rings. The summed E-state index contributed by atoms with van der Waals surface area (Å²) in [7, 11) is 0. The molecular formula is C19H23ClN2O3. The quantitative estimate of drug-likeness (QED) is 0.858. The maximum Gasteiger partial charge on any atom is 0.239 e. The van der Waals surface area contributed by atoms with E-state index in [1.165, 1.54) is 5.56 Å². The number of carbonyl (C=O) groups is 1. The van der Waals surface area contributed by atoms with Gasteiger partial charge >= 0.3 is 0 Å². The summed E-state index contributed by atoms with van der Waals surface area (Å²) in [6, 6.07) is 15.3. The van der Waals surface area contributed by atoms with Crippen molar-refractivity contribution in [3.05, 3.63) is 59.7 Å². The van der Waals surface area contributed by atoms with Crippen LogP contribution in [0.1, 0.15) is 11.1 Å². The van der Waals surface area contributed by atoms with Crippen molar-refractivity contribution in [3.63, 3.8) is 0 Å². The Hall–Kier alpha value is -2.08. The topological polar surface area (TPSA) is 59.6 Å². The second-order valence-corrected chi connectivity index (χ2v) is 5.82. The minimum absolute atomic E-state index is 0. The minimum Gasteiger partial charge on any atom is -0.457 e. The fourth-order valence-electron chi connectivity index (χ4n) is 2.52. The Balaban J connectivity index is 0.00000225. The molecule has 1 unspecified atom stereocenters. The van der Waals surface area contributed by atoms with Gasteiger partial charge < -0.3 is 20.1 Å². The van der Waals surface area contributed by atoms with E-state index in [4.69, 9.17) is 9.47 Å². The van der Waals surface area contributed by atoms with Crippen LogP contribution in [0.4, 0.5) is 0 Å². The van der Waals surface area contributed by atoms with Crippen molar-refractivity contribution in [2.24, 2.45) is 0 Å². The molecule has 1 aliphatic heterocycles. The number of para-hydroxylation sites is 1. The van der Waals surface area contributed by atoms with Gasteiger partial charge in [-0.25, -0.2) is 0 Å². The van der Waals surface area contributed by atoms with Crippen molar-refractivity contribution in [1.82, 2.24) is 10.6 Å². The molecule has 6 heteroatoms. The van der Waals surface area contributed by atoms with E-state index in [0.717, 1.165) is 17.1 Å². The fraction of sp³-hybridized carbons (Fsp3) is 0.316. The Bertz CT molecular complexity index is 685. The van der Waals surface area contributed by atoms with Gasteiger partial charge in [-0.3, -0.25) is 4.79 Å². The van der Waals surface area contributed by atoms with E-state index in [9.17, 15) is 4.79 Å². The lowest BCUT2D eigenvalue weighted by molar-refractivity contribution is -0.126. The van der Waals surface area contributed by atoms with Gasteiger partial charge in [0.2, 0.25) is 5.91 Å². The van der Waals surface area contributed by atoms with Gasteiger partial charge in [-0.05, 0) is 25.1 Å². The number of hydrogen-bond donors (Lipinski definition) is 2. The van der Waals surface area contributed by atoms with E-state index < -0.39 is 0 Å². The Kier molecular flexibility index (Phi) is 7.25. The first-order chi connectivity index (χ1) is 11.7. The van der Waals surface area contributed by atoms with Crippen LogP contribution in [0.25, 0.3) is 0 Å². The van der Waals surface area contributed by atoms with Crippen LogP contribution < -0.4 is 15.4 Å². The Morgan fingerprint density at radius 2 is 2.00 bits per heavy atom. The van der Waals surface area contributed by atoms with Crippen LogP contribution in [0.3, 0.4) is 0 Å². The van der Waals surface area contributed by atoms with Gasteiger partial charge in [0, 0.05) is 18.7 Å². The summed E-state index contributed by atoms with van der Waals surface area (Å²) in [4.78, 5) is 12.2. The molecule has 0 spiro atoms. The van der Waals surface area contributed by atoms with Gasteiger partial charge in [-0.15, -0.1) is 12.4 Å². The zero-order valence-electron chi connectivity index (χ0n) is 14.2. The maximum absolute atomic E-state index is 12.2. The van der Waals surface area contributed by atoms with Crippen LogP contribution in [0, 0.1) is 6.92 Å². The lowest BCUT2D eigenvalue weighted by Crippen LogP contribution is -2.51. The van der Waals surface area contributed by atoms with E-state index in [-0.39, 0.29) is 24.4 Å². The predicted octanol–water partition coefficient (Wildman–Crippen LogP) is 2.81. The highest BCUT2D eigenvalue weighted by Crippen LogP contribution is 2.25. The summed E-state index contributed by atoms with van der Waals surface area (Å²) in [5.41, 5.74) is 2.12. The molecule has 1 fully saturated rings. The van der Waals surface area contributed by atoms with Crippen LogP contribution in [-0.2, 0) is 16.1 Å². The Morgan fingerprint density at radius 3 is 2.72 bits per heavy atom. The predicted molar refractivity (Wildman–Crippen MR) is 99.4 cm³/mol. The maximum atomic E-state index is 12.2. The highest BCUT2D eigenvalue weighted by molar-refractivity contribution is 5.85. The second kappa shape index (κ2) is 9.42. The van der Waals surface area contributed by atoms with Crippen molar-refractivity contribution in [1.29, 1.82) is 0 Å². The molecular weight excluding hydrogens is 340 g/mol. The molecule has 5 nitrogen and oxygen atoms in total. The lowest BCUT2D eigenvalue weighted by Gasteiger charge is -2.23. The van der Waals surface area contributed by atoms with E-state index >= 15 is 0 Å². The number of ether oxygens (including phenoxy) is 2. The lowest BCUT2D eigenvalue weighted by atomic mass is 10.2. The standard InChI is InChI=1S/C19H22N2O3.ClH/c1-14-6-8-16(9-7-14)24-18-5-3-2-4-15(18)12-21-19(22)17-13-23-11-10-20-17;/h2-9,17,20H,10-13H2,1H3,(H,21,22);1H. The van der Waals surface area contributed by atoms with Gasteiger partial charge in [-0.1, -0.05) is 35.9 Å². The number of halogens is 1. The molecule has 0 aromatic heterocycles. The molecule has 1 atom stereocenters. The molecule has 1 amide bonds. The van der Waals surface area contributed by atoms with Crippen LogP contribution in [0.15, 0.2) is 48.5 Å². The van der Waals surface area contributed by atoms with Crippen LogP contribution in [0.5, 0.6) is 11.5 Å². The molecule has 134 valence electrons. The van der Waals surface area contributed by atoms with E-state index in [2.05, 4.69) is 10.6 Å². The third-order valence-corrected chi connectivity index (χ3v) is 3.91. The smallest absolute Gasteiger partial charge is 0.239 e. The highest BCUT2D eigenvalue weighted by Gasteiger charge is 2.20. The number of hydrogen-bond acceptors (Lipinski definition) is 4. The van der Waals surface area contributed by atoms with E-state index in [0.29, 0.717) is 26.3 Å².